The molecular weight excluding hydrogens is 240 g/mol. The van der Waals surface area contributed by atoms with Crippen LogP contribution in [0.1, 0.15) is 11.3 Å². The van der Waals surface area contributed by atoms with Crippen molar-refractivity contribution in [1.82, 2.24) is 9.88 Å². The summed E-state index contributed by atoms with van der Waals surface area (Å²) in [5, 5.41) is 11.4. The molecule has 1 saturated heterocycles. The number of phenols is 1. The Morgan fingerprint density at radius 3 is 2.74 bits per heavy atom. The molecule has 1 aliphatic heterocycles. The molecule has 0 unspecified atom stereocenters. The second-order valence-electron chi connectivity index (χ2n) is 4.99. The molecule has 100 valence electrons. The average Bonchev–Trinajstić information content (AvgIpc) is 2.44. The normalized spacial score (nSPS) is 16.9. The van der Waals surface area contributed by atoms with Gasteiger partial charge in [-0.3, -0.25) is 4.90 Å². The van der Waals surface area contributed by atoms with E-state index in [0.717, 1.165) is 49.5 Å². The highest BCUT2D eigenvalue weighted by Gasteiger charge is 2.14. The Morgan fingerprint density at radius 1 is 1.21 bits per heavy atom. The summed E-state index contributed by atoms with van der Waals surface area (Å²) < 4.78 is 5.34. The van der Waals surface area contributed by atoms with Gasteiger partial charge in [-0.05, 0) is 13.0 Å². The zero-order valence-corrected chi connectivity index (χ0v) is 11.1. The van der Waals surface area contributed by atoms with Gasteiger partial charge in [0.05, 0.1) is 13.2 Å². The lowest BCUT2D eigenvalue weighted by Gasteiger charge is -2.26. The number of aromatic hydroxyl groups is 1. The topological polar surface area (TPSA) is 45.6 Å². The molecule has 4 heteroatoms. The Balaban J connectivity index is 1.92. The lowest BCUT2D eigenvalue weighted by atomic mass is 10.1. The van der Waals surface area contributed by atoms with E-state index in [4.69, 9.17) is 4.74 Å². The van der Waals surface area contributed by atoms with Gasteiger partial charge in [-0.15, -0.1) is 0 Å². The summed E-state index contributed by atoms with van der Waals surface area (Å²) in [5.41, 5.74) is 2.56. The maximum absolute atomic E-state index is 10.4. The molecule has 3 rings (SSSR count). The minimum atomic E-state index is 0.313. The zero-order chi connectivity index (χ0) is 13.2. The first kappa shape index (κ1) is 12.4. The number of aryl methyl sites for hydroxylation is 1. The first-order chi connectivity index (χ1) is 9.24. The zero-order valence-electron chi connectivity index (χ0n) is 11.1. The van der Waals surface area contributed by atoms with Crippen LogP contribution >= 0.6 is 0 Å². The predicted octanol–water partition coefficient (Wildman–Crippen LogP) is 2.08. The molecule has 0 spiro atoms. The molecule has 2 aromatic rings. The van der Waals surface area contributed by atoms with Crippen LogP contribution in [0.5, 0.6) is 5.75 Å². The lowest BCUT2D eigenvalue weighted by Crippen LogP contribution is -2.35. The van der Waals surface area contributed by atoms with E-state index in [-0.39, 0.29) is 0 Å². The Kier molecular flexibility index (Phi) is 3.36. The second kappa shape index (κ2) is 5.15. The third kappa shape index (κ3) is 2.55. The Morgan fingerprint density at radius 2 is 1.95 bits per heavy atom. The van der Waals surface area contributed by atoms with Gasteiger partial charge in [-0.2, -0.15) is 0 Å². The summed E-state index contributed by atoms with van der Waals surface area (Å²) in [7, 11) is 0. The van der Waals surface area contributed by atoms with Gasteiger partial charge in [0, 0.05) is 36.3 Å². The number of benzene rings is 1. The maximum Gasteiger partial charge on any atom is 0.146 e. The van der Waals surface area contributed by atoms with Crippen molar-refractivity contribution >= 4 is 10.9 Å². The van der Waals surface area contributed by atoms with Crippen LogP contribution in [0.3, 0.4) is 0 Å². The molecule has 19 heavy (non-hydrogen) atoms. The number of hydrogen-bond acceptors (Lipinski definition) is 4. The van der Waals surface area contributed by atoms with Crippen LogP contribution in [0.15, 0.2) is 24.3 Å². The monoisotopic (exact) mass is 258 g/mol. The van der Waals surface area contributed by atoms with Crippen molar-refractivity contribution in [2.24, 2.45) is 0 Å². The summed E-state index contributed by atoms with van der Waals surface area (Å²) in [6, 6.07) is 7.97. The molecule has 0 aliphatic carbocycles. The molecule has 0 saturated carbocycles. The van der Waals surface area contributed by atoms with E-state index in [1.165, 1.54) is 0 Å². The van der Waals surface area contributed by atoms with Crippen molar-refractivity contribution in [3.05, 3.63) is 35.5 Å². The van der Waals surface area contributed by atoms with Crippen LogP contribution in [-0.4, -0.2) is 41.3 Å². The highest BCUT2D eigenvalue weighted by Crippen LogP contribution is 2.28. The maximum atomic E-state index is 10.4. The minimum absolute atomic E-state index is 0.313. The van der Waals surface area contributed by atoms with E-state index in [1.807, 2.05) is 31.2 Å². The number of morpholine rings is 1. The summed E-state index contributed by atoms with van der Waals surface area (Å²) in [6.07, 6.45) is 0. The van der Waals surface area contributed by atoms with Crippen molar-refractivity contribution in [3.8, 4) is 5.75 Å². The summed E-state index contributed by atoms with van der Waals surface area (Å²) in [4.78, 5) is 6.73. The van der Waals surface area contributed by atoms with Crippen LogP contribution in [0.2, 0.25) is 0 Å². The third-order valence-corrected chi connectivity index (χ3v) is 3.56. The predicted molar refractivity (Wildman–Crippen MR) is 74.2 cm³/mol. The second-order valence-corrected chi connectivity index (χ2v) is 4.99. The van der Waals surface area contributed by atoms with Gasteiger partial charge >= 0.3 is 0 Å². The van der Waals surface area contributed by atoms with Crippen molar-refractivity contribution in [2.45, 2.75) is 13.5 Å². The first-order valence-electron chi connectivity index (χ1n) is 6.62. The number of aromatic nitrogens is 1. The Hall–Kier alpha value is -1.65. The van der Waals surface area contributed by atoms with Crippen molar-refractivity contribution < 1.29 is 9.84 Å². The molecule has 0 bridgehead atoms. The molecular formula is C15H18N2O2. The largest absolute Gasteiger partial charge is 0.505 e. The average molecular weight is 258 g/mol. The summed E-state index contributed by atoms with van der Waals surface area (Å²) >= 11 is 0. The van der Waals surface area contributed by atoms with Gasteiger partial charge in [0.25, 0.3) is 0 Å². The van der Waals surface area contributed by atoms with E-state index in [2.05, 4.69) is 9.88 Å². The number of pyridine rings is 1. The van der Waals surface area contributed by atoms with Gasteiger partial charge in [-0.1, -0.05) is 18.2 Å². The fourth-order valence-electron chi connectivity index (χ4n) is 2.44. The Labute approximate surface area is 112 Å². The van der Waals surface area contributed by atoms with Crippen molar-refractivity contribution in [2.75, 3.05) is 26.3 Å². The fraction of sp³-hybridized carbons (Fsp3) is 0.400. The molecule has 1 N–H and O–H groups in total. The number of fused-ring (bicyclic) bond motifs is 1. The smallest absolute Gasteiger partial charge is 0.146 e. The highest BCUT2D eigenvalue weighted by molar-refractivity contribution is 5.85. The van der Waals surface area contributed by atoms with E-state index < -0.39 is 0 Å². The molecule has 1 aromatic carbocycles. The van der Waals surface area contributed by atoms with Crippen LogP contribution in [-0.2, 0) is 11.3 Å². The SMILES string of the molecule is Cc1ccc2ccc(CN3CCOCC3)c(O)c2n1. The Bertz CT molecular complexity index is 592. The van der Waals surface area contributed by atoms with E-state index >= 15 is 0 Å². The number of hydrogen-bond donors (Lipinski definition) is 1. The van der Waals surface area contributed by atoms with Crippen LogP contribution < -0.4 is 0 Å². The van der Waals surface area contributed by atoms with Gasteiger partial charge in [0.2, 0.25) is 0 Å². The standard InChI is InChI=1S/C15H18N2O2/c1-11-2-3-12-4-5-13(15(18)14(12)16-11)10-17-6-8-19-9-7-17/h2-5,18H,6-10H2,1H3. The molecule has 1 aromatic heterocycles. The number of phenolic OH excluding ortho intramolecular Hbond substituents is 1. The van der Waals surface area contributed by atoms with Gasteiger partial charge in [0.1, 0.15) is 11.3 Å². The van der Waals surface area contributed by atoms with E-state index in [1.54, 1.807) is 0 Å². The fourth-order valence-corrected chi connectivity index (χ4v) is 2.44. The van der Waals surface area contributed by atoms with E-state index in [9.17, 15) is 5.11 Å². The molecule has 0 atom stereocenters. The number of ether oxygens (including phenoxy) is 1. The first-order valence-corrected chi connectivity index (χ1v) is 6.62. The van der Waals surface area contributed by atoms with Gasteiger partial charge < -0.3 is 9.84 Å². The number of rotatable bonds is 2. The minimum Gasteiger partial charge on any atom is -0.505 e. The van der Waals surface area contributed by atoms with Crippen molar-refractivity contribution in [1.29, 1.82) is 0 Å². The van der Waals surface area contributed by atoms with Crippen LogP contribution in [0, 0.1) is 6.92 Å². The quantitative estimate of drug-likeness (QED) is 0.896. The molecule has 1 aliphatic rings. The van der Waals surface area contributed by atoms with E-state index in [0.29, 0.717) is 11.3 Å². The number of nitrogens with zero attached hydrogens (tertiary/aromatic N) is 2. The van der Waals surface area contributed by atoms with Crippen LogP contribution in [0.4, 0.5) is 0 Å². The van der Waals surface area contributed by atoms with Crippen LogP contribution in [0.25, 0.3) is 10.9 Å². The summed E-state index contributed by atoms with van der Waals surface area (Å²) in [6.45, 7) is 6.06. The molecule has 0 amide bonds. The lowest BCUT2D eigenvalue weighted by molar-refractivity contribution is 0.0339. The van der Waals surface area contributed by atoms with Gasteiger partial charge in [0.15, 0.2) is 0 Å². The third-order valence-electron chi connectivity index (χ3n) is 3.56. The highest BCUT2D eigenvalue weighted by atomic mass is 16.5. The van der Waals surface area contributed by atoms with Gasteiger partial charge in [-0.25, -0.2) is 4.98 Å². The molecule has 0 radical (unpaired) electrons. The molecule has 4 nitrogen and oxygen atoms in total. The summed E-state index contributed by atoms with van der Waals surface area (Å²) in [5.74, 6) is 0.313. The molecule has 1 fully saturated rings. The molecule has 2 heterocycles. The van der Waals surface area contributed by atoms with Crippen molar-refractivity contribution in [3.63, 3.8) is 0 Å².